The fourth-order valence-corrected chi connectivity index (χ4v) is 2.42. The molecular formula is C13H19NO. The summed E-state index contributed by atoms with van der Waals surface area (Å²) in [6.07, 6.45) is 10.5. The summed E-state index contributed by atoms with van der Waals surface area (Å²) >= 11 is 0. The van der Waals surface area contributed by atoms with Crippen LogP contribution in [0.15, 0.2) is 24.5 Å². The Morgan fingerprint density at radius 1 is 1.13 bits per heavy atom. The van der Waals surface area contributed by atoms with Crippen molar-refractivity contribution in [1.29, 1.82) is 0 Å². The highest BCUT2D eigenvalue weighted by Crippen LogP contribution is 2.26. The van der Waals surface area contributed by atoms with Crippen molar-refractivity contribution in [2.75, 3.05) is 0 Å². The van der Waals surface area contributed by atoms with E-state index >= 15 is 0 Å². The SMILES string of the molecule is OC1CCCCCC1Cc1ccncc1. The molecule has 2 nitrogen and oxygen atoms in total. The van der Waals surface area contributed by atoms with Crippen molar-refractivity contribution in [3.8, 4) is 0 Å². The van der Waals surface area contributed by atoms with Gasteiger partial charge in [-0.05, 0) is 42.9 Å². The van der Waals surface area contributed by atoms with Crippen LogP contribution in [0.4, 0.5) is 0 Å². The fourth-order valence-electron chi connectivity index (χ4n) is 2.42. The van der Waals surface area contributed by atoms with E-state index < -0.39 is 0 Å². The Kier molecular flexibility index (Phi) is 3.73. The lowest BCUT2D eigenvalue weighted by Gasteiger charge is -2.20. The first-order valence-electron chi connectivity index (χ1n) is 5.93. The number of aliphatic hydroxyl groups excluding tert-OH is 1. The molecule has 2 unspecified atom stereocenters. The van der Waals surface area contributed by atoms with Gasteiger partial charge < -0.3 is 5.11 Å². The zero-order valence-electron chi connectivity index (χ0n) is 9.10. The summed E-state index contributed by atoms with van der Waals surface area (Å²) in [6.45, 7) is 0. The zero-order chi connectivity index (χ0) is 10.5. The van der Waals surface area contributed by atoms with Crippen LogP contribution in [-0.4, -0.2) is 16.2 Å². The fraction of sp³-hybridized carbons (Fsp3) is 0.615. The molecule has 0 spiro atoms. The molecule has 0 bridgehead atoms. The largest absolute Gasteiger partial charge is 0.393 e. The van der Waals surface area contributed by atoms with E-state index in [0.29, 0.717) is 5.92 Å². The van der Waals surface area contributed by atoms with Crippen molar-refractivity contribution in [2.24, 2.45) is 5.92 Å². The number of aliphatic hydroxyl groups is 1. The highest BCUT2D eigenvalue weighted by Gasteiger charge is 2.21. The number of aromatic nitrogens is 1. The van der Waals surface area contributed by atoms with E-state index in [-0.39, 0.29) is 6.10 Å². The van der Waals surface area contributed by atoms with Gasteiger partial charge in [-0.2, -0.15) is 0 Å². The van der Waals surface area contributed by atoms with Crippen LogP contribution in [0, 0.1) is 5.92 Å². The minimum atomic E-state index is -0.0966. The topological polar surface area (TPSA) is 33.1 Å². The predicted octanol–water partition coefficient (Wildman–Crippen LogP) is 2.57. The van der Waals surface area contributed by atoms with Crippen molar-refractivity contribution in [2.45, 2.75) is 44.6 Å². The molecule has 1 fully saturated rings. The molecule has 2 atom stereocenters. The molecule has 1 saturated carbocycles. The molecule has 2 heteroatoms. The molecule has 1 N–H and O–H groups in total. The molecule has 1 aromatic rings. The minimum Gasteiger partial charge on any atom is -0.393 e. The number of rotatable bonds is 2. The van der Waals surface area contributed by atoms with Gasteiger partial charge >= 0.3 is 0 Å². The normalized spacial score (nSPS) is 27.3. The molecular weight excluding hydrogens is 186 g/mol. The summed E-state index contributed by atoms with van der Waals surface area (Å²) in [5, 5.41) is 9.99. The third-order valence-electron chi connectivity index (χ3n) is 3.37. The quantitative estimate of drug-likeness (QED) is 0.753. The molecule has 15 heavy (non-hydrogen) atoms. The second-order valence-electron chi connectivity index (χ2n) is 4.53. The summed E-state index contributed by atoms with van der Waals surface area (Å²) < 4.78 is 0. The van der Waals surface area contributed by atoms with Crippen LogP contribution in [0.3, 0.4) is 0 Å². The number of hydrogen-bond donors (Lipinski definition) is 1. The van der Waals surface area contributed by atoms with Crippen LogP contribution in [-0.2, 0) is 6.42 Å². The van der Waals surface area contributed by atoms with Crippen LogP contribution in [0.1, 0.15) is 37.7 Å². The zero-order valence-corrected chi connectivity index (χ0v) is 9.10. The Morgan fingerprint density at radius 3 is 2.67 bits per heavy atom. The first-order valence-corrected chi connectivity index (χ1v) is 5.93. The van der Waals surface area contributed by atoms with Crippen LogP contribution < -0.4 is 0 Å². The minimum absolute atomic E-state index is 0.0966. The average Bonchev–Trinajstić information content (AvgIpc) is 2.46. The summed E-state index contributed by atoms with van der Waals surface area (Å²) in [5.41, 5.74) is 1.30. The highest BCUT2D eigenvalue weighted by atomic mass is 16.3. The highest BCUT2D eigenvalue weighted by molar-refractivity contribution is 5.10. The van der Waals surface area contributed by atoms with E-state index in [4.69, 9.17) is 0 Å². The number of nitrogens with zero attached hydrogens (tertiary/aromatic N) is 1. The van der Waals surface area contributed by atoms with Gasteiger partial charge in [0, 0.05) is 12.4 Å². The molecule has 1 aliphatic carbocycles. The lowest BCUT2D eigenvalue weighted by molar-refractivity contribution is 0.101. The van der Waals surface area contributed by atoms with Crippen molar-refractivity contribution >= 4 is 0 Å². The molecule has 0 aliphatic heterocycles. The molecule has 0 amide bonds. The molecule has 1 aromatic heterocycles. The standard InChI is InChI=1S/C13H19NO/c15-13-5-3-1-2-4-12(13)10-11-6-8-14-9-7-11/h6-9,12-13,15H,1-5,10H2. The molecule has 2 rings (SSSR count). The van der Waals surface area contributed by atoms with E-state index in [0.717, 1.165) is 12.8 Å². The number of pyridine rings is 1. The first kappa shape index (κ1) is 10.6. The summed E-state index contributed by atoms with van der Waals surface area (Å²) in [4.78, 5) is 4.01. The Labute approximate surface area is 91.4 Å². The third-order valence-corrected chi connectivity index (χ3v) is 3.37. The van der Waals surface area contributed by atoms with Crippen LogP contribution >= 0.6 is 0 Å². The first-order chi connectivity index (χ1) is 7.36. The van der Waals surface area contributed by atoms with Gasteiger partial charge in [0.1, 0.15) is 0 Å². The Hall–Kier alpha value is -0.890. The average molecular weight is 205 g/mol. The molecule has 0 radical (unpaired) electrons. The van der Waals surface area contributed by atoms with Gasteiger partial charge in [-0.3, -0.25) is 4.98 Å². The maximum Gasteiger partial charge on any atom is 0.0571 e. The van der Waals surface area contributed by atoms with Crippen LogP contribution in [0.2, 0.25) is 0 Å². The van der Waals surface area contributed by atoms with Gasteiger partial charge in [-0.1, -0.05) is 19.3 Å². The van der Waals surface area contributed by atoms with Crippen molar-refractivity contribution in [1.82, 2.24) is 4.98 Å². The van der Waals surface area contributed by atoms with Crippen molar-refractivity contribution in [3.63, 3.8) is 0 Å². The Morgan fingerprint density at radius 2 is 1.87 bits per heavy atom. The summed E-state index contributed by atoms with van der Waals surface area (Å²) in [6, 6.07) is 4.11. The van der Waals surface area contributed by atoms with E-state index in [2.05, 4.69) is 17.1 Å². The lowest BCUT2D eigenvalue weighted by atomic mass is 9.91. The number of hydrogen-bond acceptors (Lipinski definition) is 2. The summed E-state index contributed by atoms with van der Waals surface area (Å²) in [7, 11) is 0. The van der Waals surface area contributed by atoms with Crippen LogP contribution in [0.25, 0.3) is 0 Å². The third kappa shape index (κ3) is 3.03. The van der Waals surface area contributed by atoms with Gasteiger partial charge in [-0.15, -0.1) is 0 Å². The maximum absolute atomic E-state index is 9.99. The molecule has 0 saturated heterocycles. The predicted molar refractivity (Wildman–Crippen MR) is 60.5 cm³/mol. The van der Waals surface area contributed by atoms with E-state index in [1.165, 1.54) is 31.2 Å². The van der Waals surface area contributed by atoms with Gasteiger partial charge in [-0.25, -0.2) is 0 Å². The second-order valence-corrected chi connectivity index (χ2v) is 4.53. The lowest BCUT2D eigenvalue weighted by Crippen LogP contribution is -2.20. The van der Waals surface area contributed by atoms with Gasteiger partial charge in [0.25, 0.3) is 0 Å². The van der Waals surface area contributed by atoms with E-state index in [9.17, 15) is 5.11 Å². The van der Waals surface area contributed by atoms with Gasteiger partial charge in [0.15, 0.2) is 0 Å². The monoisotopic (exact) mass is 205 g/mol. The Balaban J connectivity index is 1.97. The second kappa shape index (κ2) is 5.26. The molecule has 0 aromatic carbocycles. The van der Waals surface area contributed by atoms with Crippen molar-refractivity contribution in [3.05, 3.63) is 30.1 Å². The van der Waals surface area contributed by atoms with Gasteiger partial charge in [0.05, 0.1) is 6.10 Å². The van der Waals surface area contributed by atoms with Crippen molar-refractivity contribution < 1.29 is 5.11 Å². The van der Waals surface area contributed by atoms with Gasteiger partial charge in [0.2, 0.25) is 0 Å². The summed E-state index contributed by atoms with van der Waals surface area (Å²) in [5.74, 6) is 0.454. The van der Waals surface area contributed by atoms with Crippen LogP contribution in [0.5, 0.6) is 0 Å². The Bertz CT molecular complexity index is 286. The molecule has 82 valence electrons. The smallest absolute Gasteiger partial charge is 0.0571 e. The van der Waals surface area contributed by atoms with E-state index in [1.54, 1.807) is 0 Å². The molecule has 1 aliphatic rings. The molecule has 1 heterocycles. The van der Waals surface area contributed by atoms with E-state index in [1.807, 2.05) is 12.4 Å². The maximum atomic E-state index is 9.99.